The van der Waals surface area contributed by atoms with E-state index >= 15 is 0 Å². The molecule has 0 spiro atoms. The van der Waals surface area contributed by atoms with Gasteiger partial charge in [0.2, 0.25) is 0 Å². The van der Waals surface area contributed by atoms with Crippen molar-refractivity contribution in [3.63, 3.8) is 0 Å². The van der Waals surface area contributed by atoms with Crippen LogP contribution in [0.2, 0.25) is 15.1 Å². The topological polar surface area (TPSA) is 46.6 Å². The molecular formula is C18H12Cl3NO3S. The Morgan fingerprint density at radius 1 is 1.08 bits per heavy atom. The number of halogens is 3. The fourth-order valence-electron chi connectivity index (χ4n) is 2.38. The molecule has 0 N–H and O–H groups in total. The molecular weight excluding hydrogens is 417 g/mol. The molecule has 0 atom stereocenters. The van der Waals surface area contributed by atoms with Gasteiger partial charge in [-0.05, 0) is 66.7 Å². The highest BCUT2D eigenvalue weighted by Gasteiger charge is 2.36. The molecule has 2 aromatic carbocycles. The molecule has 134 valence electrons. The lowest BCUT2D eigenvalue weighted by molar-refractivity contribution is -0.113. The molecule has 0 unspecified atom stereocenters. The largest absolute Gasteiger partial charge is 0.491 e. The summed E-state index contributed by atoms with van der Waals surface area (Å²) >= 11 is 19.1. The Bertz CT molecular complexity index is 889. The minimum atomic E-state index is -0.413. The second-order valence-electron chi connectivity index (χ2n) is 5.24. The molecule has 0 saturated carbocycles. The van der Waals surface area contributed by atoms with Crippen LogP contribution in [-0.2, 0) is 4.79 Å². The van der Waals surface area contributed by atoms with E-state index in [1.807, 2.05) is 6.92 Å². The highest BCUT2D eigenvalue weighted by atomic mass is 35.5. The van der Waals surface area contributed by atoms with Crippen molar-refractivity contribution in [3.05, 3.63) is 61.9 Å². The van der Waals surface area contributed by atoms with Gasteiger partial charge in [0.05, 0.1) is 27.2 Å². The number of carbonyl (C=O) groups excluding carboxylic acids is 2. The van der Waals surface area contributed by atoms with Crippen LogP contribution >= 0.6 is 46.6 Å². The number of hydrogen-bond donors (Lipinski definition) is 0. The number of benzene rings is 2. The van der Waals surface area contributed by atoms with Crippen LogP contribution < -0.4 is 9.64 Å². The highest BCUT2D eigenvalue weighted by Crippen LogP contribution is 2.38. The molecule has 0 bridgehead atoms. The minimum absolute atomic E-state index is 0.279. The van der Waals surface area contributed by atoms with Crippen LogP contribution in [0, 0.1) is 0 Å². The normalized spacial score (nSPS) is 15.8. The smallest absolute Gasteiger partial charge is 0.298 e. The average Bonchev–Trinajstić information content (AvgIpc) is 2.86. The lowest BCUT2D eigenvalue weighted by Crippen LogP contribution is -2.27. The van der Waals surface area contributed by atoms with Gasteiger partial charge in [0.25, 0.3) is 11.1 Å². The average molecular weight is 429 g/mol. The Hall–Kier alpha value is -1.66. The zero-order chi connectivity index (χ0) is 18.8. The van der Waals surface area contributed by atoms with E-state index in [1.54, 1.807) is 42.5 Å². The molecule has 0 radical (unpaired) electrons. The number of rotatable bonds is 4. The van der Waals surface area contributed by atoms with Gasteiger partial charge in [0.15, 0.2) is 5.75 Å². The van der Waals surface area contributed by atoms with Crippen molar-refractivity contribution in [3.8, 4) is 5.75 Å². The van der Waals surface area contributed by atoms with Gasteiger partial charge >= 0.3 is 0 Å². The summed E-state index contributed by atoms with van der Waals surface area (Å²) in [7, 11) is 0. The standard InChI is InChI=1S/C18H12Cl3NO3S/c1-2-25-16-13(20)7-10(8-14(16)21)9-15-17(23)22(18(24)26-15)12-5-3-11(19)4-6-12/h3-9H,2H2,1H3/b15-9-. The monoisotopic (exact) mass is 427 g/mol. The summed E-state index contributed by atoms with van der Waals surface area (Å²) in [5.74, 6) is -0.0225. The Morgan fingerprint density at radius 3 is 2.27 bits per heavy atom. The third kappa shape index (κ3) is 3.86. The van der Waals surface area contributed by atoms with E-state index < -0.39 is 5.91 Å². The molecule has 4 nitrogen and oxygen atoms in total. The lowest BCUT2D eigenvalue weighted by atomic mass is 10.2. The SMILES string of the molecule is CCOc1c(Cl)cc(/C=C2\SC(=O)N(c3ccc(Cl)cc3)C2=O)cc1Cl. The van der Waals surface area contributed by atoms with Crippen molar-refractivity contribution < 1.29 is 14.3 Å². The maximum atomic E-state index is 12.6. The van der Waals surface area contributed by atoms with Crippen LogP contribution in [0.4, 0.5) is 10.5 Å². The Morgan fingerprint density at radius 2 is 1.69 bits per heavy atom. The first kappa shape index (κ1) is 19.1. The van der Waals surface area contributed by atoms with Crippen molar-refractivity contribution >= 4 is 69.5 Å². The summed E-state index contributed by atoms with van der Waals surface area (Å²) < 4.78 is 5.39. The number of imide groups is 1. The van der Waals surface area contributed by atoms with E-state index in [4.69, 9.17) is 39.5 Å². The van der Waals surface area contributed by atoms with E-state index in [2.05, 4.69) is 0 Å². The minimum Gasteiger partial charge on any atom is -0.491 e. The van der Waals surface area contributed by atoms with E-state index in [0.29, 0.717) is 38.7 Å². The Kier molecular flexibility index (Phi) is 5.82. The van der Waals surface area contributed by atoms with Gasteiger partial charge in [-0.15, -0.1) is 0 Å². The second kappa shape index (κ2) is 7.92. The number of carbonyl (C=O) groups is 2. The highest BCUT2D eigenvalue weighted by molar-refractivity contribution is 8.19. The van der Waals surface area contributed by atoms with Crippen molar-refractivity contribution in [1.29, 1.82) is 0 Å². The van der Waals surface area contributed by atoms with Crippen LogP contribution in [0.25, 0.3) is 6.08 Å². The Labute approximate surface area is 169 Å². The van der Waals surface area contributed by atoms with Crippen molar-refractivity contribution in [2.75, 3.05) is 11.5 Å². The van der Waals surface area contributed by atoms with Crippen LogP contribution in [-0.4, -0.2) is 17.8 Å². The Balaban J connectivity index is 1.92. The zero-order valence-electron chi connectivity index (χ0n) is 13.5. The molecule has 2 aromatic rings. The number of ether oxygens (including phenoxy) is 1. The maximum Gasteiger partial charge on any atom is 0.298 e. The second-order valence-corrected chi connectivity index (χ2v) is 7.48. The first-order chi connectivity index (χ1) is 12.4. The van der Waals surface area contributed by atoms with Crippen molar-refractivity contribution in [2.45, 2.75) is 6.92 Å². The molecule has 8 heteroatoms. The van der Waals surface area contributed by atoms with Crippen LogP contribution in [0.1, 0.15) is 12.5 Å². The van der Waals surface area contributed by atoms with Crippen molar-refractivity contribution in [2.24, 2.45) is 0 Å². The third-order valence-electron chi connectivity index (χ3n) is 3.49. The molecule has 3 rings (SSSR count). The molecule has 1 aliphatic rings. The number of thioether (sulfide) groups is 1. The van der Waals surface area contributed by atoms with Gasteiger partial charge in [-0.25, -0.2) is 4.90 Å². The summed E-state index contributed by atoms with van der Waals surface area (Å²) in [5, 5.41) is 0.812. The van der Waals surface area contributed by atoms with Crippen LogP contribution in [0.15, 0.2) is 41.3 Å². The summed E-state index contributed by atoms with van der Waals surface area (Å²) in [6.45, 7) is 2.26. The van der Waals surface area contributed by atoms with Gasteiger partial charge in [-0.2, -0.15) is 0 Å². The molecule has 1 heterocycles. The fourth-order valence-corrected chi connectivity index (χ4v) is 3.96. The number of amides is 2. The van der Waals surface area contributed by atoms with E-state index in [-0.39, 0.29) is 10.1 Å². The van der Waals surface area contributed by atoms with E-state index in [1.165, 1.54) is 0 Å². The summed E-state index contributed by atoms with van der Waals surface area (Å²) in [6.07, 6.45) is 1.58. The van der Waals surface area contributed by atoms with E-state index in [0.717, 1.165) is 16.7 Å². The molecule has 1 fully saturated rings. The van der Waals surface area contributed by atoms with Gasteiger partial charge in [0.1, 0.15) is 0 Å². The third-order valence-corrected chi connectivity index (χ3v) is 5.17. The summed E-state index contributed by atoms with van der Waals surface area (Å²) in [5.41, 5.74) is 1.06. The van der Waals surface area contributed by atoms with Gasteiger partial charge in [-0.3, -0.25) is 9.59 Å². The first-order valence-corrected chi connectivity index (χ1v) is 9.51. The van der Waals surface area contributed by atoms with Gasteiger partial charge in [0, 0.05) is 5.02 Å². The number of nitrogens with zero attached hydrogens (tertiary/aromatic N) is 1. The first-order valence-electron chi connectivity index (χ1n) is 7.56. The van der Waals surface area contributed by atoms with E-state index in [9.17, 15) is 9.59 Å². The molecule has 0 aromatic heterocycles. The quantitative estimate of drug-likeness (QED) is 0.537. The van der Waals surface area contributed by atoms with Gasteiger partial charge in [-0.1, -0.05) is 34.8 Å². The molecule has 2 amide bonds. The van der Waals surface area contributed by atoms with Crippen LogP contribution in [0.3, 0.4) is 0 Å². The van der Waals surface area contributed by atoms with Gasteiger partial charge < -0.3 is 4.74 Å². The fraction of sp³-hybridized carbons (Fsp3) is 0.111. The predicted octanol–water partition coefficient (Wildman–Crippen LogP) is 6.29. The number of anilines is 1. The van der Waals surface area contributed by atoms with Crippen molar-refractivity contribution in [1.82, 2.24) is 0 Å². The molecule has 0 aliphatic carbocycles. The summed E-state index contributed by atoms with van der Waals surface area (Å²) in [4.78, 5) is 26.3. The number of hydrogen-bond acceptors (Lipinski definition) is 4. The molecule has 1 aliphatic heterocycles. The maximum absolute atomic E-state index is 12.6. The molecule has 1 saturated heterocycles. The summed E-state index contributed by atoms with van der Waals surface area (Å²) in [6, 6.07) is 9.74. The van der Waals surface area contributed by atoms with Crippen LogP contribution in [0.5, 0.6) is 5.75 Å². The zero-order valence-corrected chi connectivity index (χ0v) is 16.5. The molecule has 26 heavy (non-hydrogen) atoms. The predicted molar refractivity (Wildman–Crippen MR) is 108 cm³/mol. The lowest BCUT2D eigenvalue weighted by Gasteiger charge is -2.12.